The van der Waals surface area contributed by atoms with Crippen LogP contribution in [0.2, 0.25) is 0 Å². The first-order chi connectivity index (χ1) is 14.8. The second kappa shape index (κ2) is 8.14. The molecule has 3 aromatic rings. The van der Waals surface area contributed by atoms with E-state index in [0.29, 0.717) is 22.9 Å². The lowest BCUT2D eigenvalue weighted by Gasteiger charge is -2.28. The zero-order chi connectivity index (χ0) is 22.2. The third-order valence-electron chi connectivity index (χ3n) is 5.58. The molecule has 0 saturated carbocycles. The summed E-state index contributed by atoms with van der Waals surface area (Å²) in [6.07, 6.45) is 0.369. The van der Waals surface area contributed by atoms with Crippen molar-refractivity contribution in [3.63, 3.8) is 0 Å². The van der Waals surface area contributed by atoms with E-state index in [0.717, 1.165) is 10.2 Å². The summed E-state index contributed by atoms with van der Waals surface area (Å²) in [5.41, 5.74) is 0.681. The molecule has 2 heterocycles. The minimum atomic E-state index is -3.21. The van der Waals surface area contributed by atoms with Crippen molar-refractivity contribution in [2.45, 2.75) is 19.0 Å². The lowest BCUT2D eigenvalue weighted by atomic mass is 10.1. The van der Waals surface area contributed by atoms with Gasteiger partial charge in [-0.15, -0.1) is 0 Å². The van der Waals surface area contributed by atoms with Crippen molar-refractivity contribution in [1.82, 2.24) is 14.7 Å². The number of benzene rings is 2. The van der Waals surface area contributed by atoms with E-state index in [9.17, 15) is 18.0 Å². The molecule has 1 fully saturated rings. The summed E-state index contributed by atoms with van der Waals surface area (Å²) in [5, 5.41) is 5.09. The SMILES string of the molecule is COc1ccc(CN(C(=O)c2nn(C)c(=O)c3ccccc23)C2CCS(=O)(=O)C2)cc1. The van der Waals surface area contributed by atoms with Gasteiger partial charge in [-0.05, 0) is 30.2 Å². The van der Waals surface area contributed by atoms with Crippen LogP contribution in [0.5, 0.6) is 5.75 Å². The number of methoxy groups -OCH3 is 1. The van der Waals surface area contributed by atoms with E-state index in [-0.39, 0.29) is 29.3 Å². The monoisotopic (exact) mass is 441 g/mol. The molecule has 0 radical (unpaired) electrons. The average molecular weight is 442 g/mol. The van der Waals surface area contributed by atoms with Gasteiger partial charge in [0.15, 0.2) is 15.5 Å². The summed E-state index contributed by atoms with van der Waals surface area (Å²) in [4.78, 5) is 27.7. The molecule has 1 unspecified atom stereocenters. The fourth-order valence-electron chi connectivity index (χ4n) is 3.91. The summed E-state index contributed by atoms with van der Waals surface area (Å²) in [7, 11) is -0.133. The molecule has 2 aromatic carbocycles. The zero-order valence-electron chi connectivity index (χ0n) is 17.3. The summed E-state index contributed by atoms with van der Waals surface area (Å²) < 4.78 is 30.6. The Morgan fingerprint density at radius 2 is 1.84 bits per heavy atom. The number of carbonyl (C=O) groups excluding carboxylic acids is 1. The van der Waals surface area contributed by atoms with E-state index in [4.69, 9.17) is 4.74 Å². The maximum Gasteiger partial charge on any atom is 0.275 e. The van der Waals surface area contributed by atoms with Crippen molar-refractivity contribution in [3.05, 3.63) is 70.1 Å². The van der Waals surface area contributed by atoms with Crippen LogP contribution in [0.4, 0.5) is 0 Å². The molecule has 9 heteroatoms. The molecule has 1 atom stereocenters. The van der Waals surface area contributed by atoms with E-state index in [2.05, 4.69) is 5.10 Å². The van der Waals surface area contributed by atoms with Gasteiger partial charge in [-0.3, -0.25) is 9.59 Å². The number of ether oxygens (including phenoxy) is 1. The number of carbonyl (C=O) groups is 1. The van der Waals surface area contributed by atoms with Crippen LogP contribution < -0.4 is 10.3 Å². The second-order valence-electron chi connectivity index (χ2n) is 7.66. The Bertz CT molecular complexity index is 1300. The van der Waals surface area contributed by atoms with Gasteiger partial charge in [0.05, 0.1) is 24.0 Å². The molecular weight excluding hydrogens is 418 g/mol. The predicted molar refractivity (Wildman–Crippen MR) is 117 cm³/mol. The minimum Gasteiger partial charge on any atom is -0.497 e. The first kappa shape index (κ1) is 21.0. The molecule has 8 nitrogen and oxygen atoms in total. The number of fused-ring (bicyclic) bond motifs is 1. The van der Waals surface area contributed by atoms with Gasteiger partial charge in [0.1, 0.15) is 5.75 Å². The average Bonchev–Trinajstić information content (AvgIpc) is 3.14. The number of hydrogen-bond donors (Lipinski definition) is 0. The van der Waals surface area contributed by atoms with Crippen LogP contribution in [0.1, 0.15) is 22.5 Å². The van der Waals surface area contributed by atoms with Crippen LogP contribution in [0.25, 0.3) is 10.8 Å². The van der Waals surface area contributed by atoms with Crippen molar-refractivity contribution in [2.75, 3.05) is 18.6 Å². The highest BCUT2D eigenvalue weighted by atomic mass is 32.2. The molecule has 0 aliphatic carbocycles. The molecule has 1 saturated heterocycles. The van der Waals surface area contributed by atoms with E-state index in [1.807, 2.05) is 12.1 Å². The number of rotatable bonds is 5. The Morgan fingerprint density at radius 3 is 2.45 bits per heavy atom. The smallest absolute Gasteiger partial charge is 0.275 e. The topological polar surface area (TPSA) is 98.6 Å². The number of amides is 1. The number of nitrogens with zero attached hydrogens (tertiary/aromatic N) is 3. The molecule has 4 rings (SSSR count). The number of hydrogen-bond acceptors (Lipinski definition) is 6. The largest absolute Gasteiger partial charge is 0.497 e. The Kier molecular flexibility index (Phi) is 5.53. The normalized spacial score (nSPS) is 17.5. The molecule has 1 amide bonds. The third kappa shape index (κ3) is 4.18. The molecule has 1 aliphatic heterocycles. The van der Waals surface area contributed by atoms with Crippen molar-refractivity contribution in [1.29, 1.82) is 0 Å². The molecular formula is C22H23N3O5S. The number of aromatic nitrogens is 2. The van der Waals surface area contributed by atoms with E-state index >= 15 is 0 Å². The maximum absolute atomic E-state index is 13.7. The van der Waals surface area contributed by atoms with Gasteiger partial charge >= 0.3 is 0 Å². The van der Waals surface area contributed by atoms with Gasteiger partial charge < -0.3 is 9.64 Å². The lowest BCUT2D eigenvalue weighted by Crippen LogP contribution is -2.41. The quantitative estimate of drug-likeness (QED) is 0.599. The molecule has 1 aliphatic rings. The minimum absolute atomic E-state index is 0.0471. The van der Waals surface area contributed by atoms with E-state index in [1.54, 1.807) is 48.4 Å². The van der Waals surface area contributed by atoms with Crippen LogP contribution >= 0.6 is 0 Å². The van der Waals surface area contributed by atoms with Gasteiger partial charge in [0.2, 0.25) is 0 Å². The van der Waals surface area contributed by atoms with E-state index in [1.165, 1.54) is 7.05 Å². The van der Waals surface area contributed by atoms with Crippen LogP contribution in [-0.4, -0.2) is 53.7 Å². The summed E-state index contributed by atoms with van der Waals surface area (Å²) in [6, 6.07) is 13.6. The van der Waals surface area contributed by atoms with Gasteiger partial charge in [0, 0.05) is 25.0 Å². The summed E-state index contributed by atoms with van der Waals surface area (Å²) in [5.74, 6) is 0.255. The van der Waals surface area contributed by atoms with Crippen LogP contribution in [0.3, 0.4) is 0 Å². The highest BCUT2D eigenvalue weighted by Crippen LogP contribution is 2.24. The van der Waals surface area contributed by atoms with Crippen molar-refractivity contribution >= 4 is 26.5 Å². The van der Waals surface area contributed by atoms with Gasteiger partial charge in [0.25, 0.3) is 11.5 Å². The summed E-state index contributed by atoms with van der Waals surface area (Å²) in [6.45, 7) is 0.224. The third-order valence-corrected chi connectivity index (χ3v) is 7.33. The fourth-order valence-corrected chi connectivity index (χ4v) is 5.64. The molecule has 1 aromatic heterocycles. The highest BCUT2D eigenvalue weighted by molar-refractivity contribution is 7.91. The van der Waals surface area contributed by atoms with Crippen LogP contribution in [0.15, 0.2) is 53.3 Å². The molecule has 0 spiro atoms. The van der Waals surface area contributed by atoms with Crippen molar-refractivity contribution in [3.8, 4) is 5.75 Å². The summed E-state index contributed by atoms with van der Waals surface area (Å²) >= 11 is 0. The number of sulfone groups is 1. The van der Waals surface area contributed by atoms with Crippen molar-refractivity contribution in [2.24, 2.45) is 7.05 Å². The van der Waals surface area contributed by atoms with Gasteiger partial charge in [-0.25, -0.2) is 13.1 Å². The standard InChI is InChI=1S/C22H23N3O5S/c1-24-21(26)19-6-4-3-5-18(19)20(23-24)22(27)25(16-11-12-31(28,29)14-16)13-15-7-9-17(30-2)10-8-15/h3-10,16H,11-14H2,1-2H3. The Balaban J connectivity index is 1.78. The first-order valence-electron chi connectivity index (χ1n) is 9.89. The van der Waals surface area contributed by atoms with E-state index < -0.39 is 21.8 Å². The Labute approximate surface area is 180 Å². The molecule has 31 heavy (non-hydrogen) atoms. The van der Waals surface area contributed by atoms with Crippen LogP contribution in [0, 0.1) is 0 Å². The lowest BCUT2D eigenvalue weighted by molar-refractivity contribution is 0.0674. The first-order valence-corrected chi connectivity index (χ1v) is 11.7. The Hall–Kier alpha value is -3.20. The number of aryl methyl sites for hydroxylation is 1. The van der Waals surface area contributed by atoms with Crippen LogP contribution in [-0.2, 0) is 23.4 Å². The van der Waals surface area contributed by atoms with Crippen molar-refractivity contribution < 1.29 is 17.9 Å². The predicted octanol–water partition coefficient (Wildman–Crippen LogP) is 1.77. The Morgan fingerprint density at radius 1 is 1.16 bits per heavy atom. The zero-order valence-corrected chi connectivity index (χ0v) is 18.1. The molecule has 0 N–H and O–H groups in total. The fraction of sp³-hybridized carbons (Fsp3) is 0.318. The highest BCUT2D eigenvalue weighted by Gasteiger charge is 2.36. The second-order valence-corrected chi connectivity index (χ2v) is 9.89. The maximum atomic E-state index is 13.7. The molecule has 162 valence electrons. The molecule has 0 bridgehead atoms. The van der Waals surface area contributed by atoms with Gasteiger partial charge in [-0.1, -0.05) is 30.3 Å². The van der Waals surface area contributed by atoms with Gasteiger partial charge in [-0.2, -0.15) is 5.10 Å².